The Labute approximate surface area is 223 Å². The van der Waals surface area contributed by atoms with Crippen molar-refractivity contribution >= 4 is 28.1 Å². The van der Waals surface area contributed by atoms with Gasteiger partial charge in [0.05, 0.1) is 18.7 Å². The maximum Gasteiger partial charge on any atom is 0.219 e. The highest BCUT2D eigenvalue weighted by molar-refractivity contribution is 6.12. The molecule has 0 unspecified atom stereocenters. The first-order valence-corrected chi connectivity index (χ1v) is 13.1. The van der Waals surface area contributed by atoms with E-state index in [1.54, 1.807) is 12.1 Å². The van der Waals surface area contributed by atoms with Crippen LogP contribution in [0.15, 0.2) is 83.9 Å². The standard InChI is InChI=1S/C32H30N4O2/c1-32(2)19-5-4-11-26-30(32)36(24-16-14-23(33-3)15-17-24)31(34-26)22-9-6-10-25(20-22)38-28-18-13-21-8-7-12-27(37)29(21)35-28/h6-10,12-18,20,26,30,37H,4-5,11,19H2,1-2H3/t26-,30+/m0/s1. The Bertz CT molecular complexity index is 1570. The van der Waals surface area contributed by atoms with E-state index in [0.29, 0.717) is 22.8 Å². The number of rotatable bonds is 4. The molecule has 3 aromatic carbocycles. The molecule has 1 saturated carbocycles. The molecule has 6 nitrogen and oxygen atoms in total. The summed E-state index contributed by atoms with van der Waals surface area (Å²) in [6.45, 7) is 12.1. The number of aromatic hydroxyl groups is 1. The summed E-state index contributed by atoms with van der Waals surface area (Å²) in [4.78, 5) is 15.8. The van der Waals surface area contributed by atoms with E-state index < -0.39 is 0 Å². The Kier molecular flexibility index (Phi) is 6.00. The van der Waals surface area contributed by atoms with Gasteiger partial charge in [-0.3, -0.25) is 4.99 Å². The average Bonchev–Trinajstić information content (AvgIpc) is 3.25. The molecule has 1 aliphatic carbocycles. The van der Waals surface area contributed by atoms with Crippen LogP contribution in [-0.4, -0.2) is 28.0 Å². The van der Waals surface area contributed by atoms with Crippen LogP contribution in [-0.2, 0) is 0 Å². The second-order valence-corrected chi connectivity index (χ2v) is 10.8. The van der Waals surface area contributed by atoms with Crippen molar-refractivity contribution in [2.24, 2.45) is 10.4 Å². The lowest BCUT2D eigenvalue weighted by atomic mass is 9.78. The quantitative estimate of drug-likeness (QED) is 0.288. The van der Waals surface area contributed by atoms with E-state index in [-0.39, 0.29) is 23.2 Å². The number of phenolic OH excluding ortho intramolecular Hbond substituents is 1. The molecule has 1 fully saturated rings. The maximum absolute atomic E-state index is 10.2. The zero-order valence-corrected chi connectivity index (χ0v) is 21.6. The number of aliphatic imine (C=N–C) groups is 1. The lowest BCUT2D eigenvalue weighted by Crippen LogP contribution is -2.49. The topological polar surface area (TPSA) is 62.3 Å². The number of hydrogen-bond acceptors (Lipinski definition) is 5. The molecule has 2 atom stereocenters. The van der Waals surface area contributed by atoms with Gasteiger partial charge in [0.15, 0.2) is 5.69 Å². The number of hydrogen-bond donors (Lipinski definition) is 1. The van der Waals surface area contributed by atoms with Crippen LogP contribution in [0.3, 0.4) is 0 Å². The van der Waals surface area contributed by atoms with E-state index in [0.717, 1.165) is 35.3 Å². The maximum atomic E-state index is 10.2. The van der Waals surface area contributed by atoms with Gasteiger partial charge in [0.1, 0.15) is 22.9 Å². The van der Waals surface area contributed by atoms with Crippen molar-refractivity contribution in [2.45, 2.75) is 51.6 Å². The van der Waals surface area contributed by atoms with Gasteiger partial charge < -0.3 is 14.7 Å². The van der Waals surface area contributed by atoms with Gasteiger partial charge in [-0.15, -0.1) is 0 Å². The third-order valence-electron chi connectivity index (χ3n) is 7.78. The summed E-state index contributed by atoms with van der Waals surface area (Å²) in [6, 6.07) is 25.3. The lowest BCUT2D eigenvalue weighted by Gasteiger charge is -2.40. The summed E-state index contributed by atoms with van der Waals surface area (Å²) < 4.78 is 6.16. The van der Waals surface area contributed by atoms with E-state index in [4.69, 9.17) is 16.3 Å². The summed E-state index contributed by atoms with van der Waals surface area (Å²) >= 11 is 0. The molecular weight excluding hydrogens is 472 g/mol. The van der Waals surface area contributed by atoms with Crippen LogP contribution in [0.1, 0.15) is 45.1 Å². The van der Waals surface area contributed by atoms with Gasteiger partial charge in [0.25, 0.3) is 0 Å². The average molecular weight is 503 g/mol. The molecule has 4 aromatic rings. The summed E-state index contributed by atoms with van der Waals surface area (Å²) in [6.07, 6.45) is 4.61. The minimum absolute atomic E-state index is 0.0794. The third kappa shape index (κ3) is 4.35. The number of anilines is 1. The van der Waals surface area contributed by atoms with E-state index in [2.05, 4.69) is 34.6 Å². The van der Waals surface area contributed by atoms with Gasteiger partial charge in [-0.1, -0.05) is 63.1 Å². The van der Waals surface area contributed by atoms with Crippen molar-refractivity contribution in [2.75, 3.05) is 4.90 Å². The van der Waals surface area contributed by atoms with Gasteiger partial charge in [-0.25, -0.2) is 9.83 Å². The highest BCUT2D eigenvalue weighted by Crippen LogP contribution is 2.45. The fourth-order valence-corrected chi connectivity index (χ4v) is 5.94. The Morgan fingerprint density at radius 2 is 1.82 bits per heavy atom. The summed E-state index contributed by atoms with van der Waals surface area (Å²) in [5, 5.41) is 11.1. The van der Waals surface area contributed by atoms with E-state index >= 15 is 0 Å². The molecule has 0 radical (unpaired) electrons. The number of pyridine rings is 1. The predicted molar refractivity (Wildman–Crippen MR) is 151 cm³/mol. The number of para-hydroxylation sites is 1. The van der Waals surface area contributed by atoms with Gasteiger partial charge >= 0.3 is 0 Å². The van der Waals surface area contributed by atoms with Crippen LogP contribution in [0.2, 0.25) is 0 Å². The molecule has 38 heavy (non-hydrogen) atoms. The molecule has 6 rings (SSSR count). The summed E-state index contributed by atoms with van der Waals surface area (Å²) in [7, 11) is 0. The highest BCUT2D eigenvalue weighted by atomic mass is 16.5. The zero-order valence-electron chi connectivity index (χ0n) is 21.6. The SMILES string of the molecule is [C-]#[N+]c1ccc(N2C(c3cccc(Oc4ccc5cccc(O)c5n4)c3)=N[C@H]3CCCCC(C)(C)[C@@H]32)cc1. The number of amidine groups is 1. The van der Waals surface area contributed by atoms with Crippen LogP contribution in [0.25, 0.3) is 15.7 Å². The van der Waals surface area contributed by atoms with Crippen LogP contribution < -0.4 is 9.64 Å². The Morgan fingerprint density at radius 1 is 1.00 bits per heavy atom. The summed E-state index contributed by atoms with van der Waals surface area (Å²) in [5.41, 5.74) is 3.25. The number of benzene rings is 3. The molecule has 0 bridgehead atoms. The van der Waals surface area contributed by atoms with Crippen LogP contribution in [0, 0.1) is 12.0 Å². The second-order valence-electron chi connectivity index (χ2n) is 10.8. The number of nitrogens with zero attached hydrogens (tertiary/aromatic N) is 4. The monoisotopic (exact) mass is 502 g/mol. The van der Waals surface area contributed by atoms with E-state index in [1.165, 1.54) is 12.8 Å². The molecule has 1 aromatic heterocycles. The minimum Gasteiger partial charge on any atom is -0.506 e. The van der Waals surface area contributed by atoms with Crippen molar-refractivity contribution in [1.82, 2.24) is 4.98 Å². The minimum atomic E-state index is 0.0794. The van der Waals surface area contributed by atoms with Crippen LogP contribution in [0.5, 0.6) is 17.4 Å². The Balaban J connectivity index is 1.38. The smallest absolute Gasteiger partial charge is 0.219 e. The molecule has 0 spiro atoms. The fourth-order valence-electron chi connectivity index (χ4n) is 5.94. The van der Waals surface area contributed by atoms with Crippen molar-refractivity contribution in [3.63, 3.8) is 0 Å². The Morgan fingerprint density at radius 3 is 2.63 bits per heavy atom. The molecule has 1 aliphatic heterocycles. The number of aromatic nitrogens is 1. The molecule has 1 N–H and O–H groups in total. The van der Waals surface area contributed by atoms with E-state index in [1.807, 2.05) is 60.7 Å². The van der Waals surface area contributed by atoms with Gasteiger partial charge in [-0.05, 0) is 54.7 Å². The molecule has 0 saturated heterocycles. The molecular formula is C32H30N4O2. The van der Waals surface area contributed by atoms with Gasteiger partial charge in [-0.2, -0.15) is 0 Å². The Hall–Kier alpha value is -4.37. The molecule has 6 heteroatoms. The predicted octanol–water partition coefficient (Wildman–Crippen LogP) is 7.89. The van der Waals surface area contributed by atoms with Gasteiger partial charge in [0.2, 0.25) is 5.88 Å². The fraction of sp³-hybridized carbons (Fsp3) is 0.281. The van der Waals surface area contributed by atoms with Crippen molar-refractivity contribution < 1.29 is 9.84 Å². The number of ether oxygens (including phenoxy) is 1. The first kappa shape index (κ1) is 24.0. The highest BCUT2D eigenvalue weighted by Gasteiger charge is 2.47. The number of phenols is 1. The third-order valence-corrected chi connectivity index (χ3v) is 7.78. The molecule has 2 heterocycles. The van der Waals surface area contributed by atoms with Crippen molar-refractivity contribution in [3.05, 3.63) is 95.8 Å². The van der Waals surface area contributed by atoms with Crippen molar-refractivity contribution in [3.8, 4) is 17.4 Å². The normalized spacial score (nSPS) is 20.3. The number of fused-ring (bicyclic) bond motifs is 2. The summed E-state index contributed by atoms with van der Waals surface area (Å²) in [5.74, 6) is 2.13. The molecule has 2 aliphatic rings. The molecule has 190 valence electrons. The first-order chi connectivity index (χ1) is 18.4. The van der Waals surface area contributed by atoms with Gasteiger partial charge in [0, 0.05) is 22.7 Å². The first-order valence-electron chi connectivity index (χ1n) is 13.1. The van der Waals surface area contributed by atoms with Crippen molar-refractivity contribution in [1.29, 1.82) is 0 Å². The van der Waals surface area contributed by atoms with Crippen LogP contribution >= 0.6 is 0 Å². The largest absolute Gasteiger partial charge is 0.506 e. The zero-order chi connectivity index (χ0) is 26.3. The van der Waals surface area contributed by atoms with Crippen LogP contribution in [0.4, 0.5) is 11.4 Å². The lowest BCUT2D eigenvalue weighted by molar-refractivity contribution is 0.260. The van der Waals surface area contributed by atoms with E-state index in [9.17, 15) is 5.11 Å². The molecule has 0 amide bonds. The second kappa shape index (κ2) is 9.50.